The molecular weight excluding hydrogens is 480 g/mol. The second kappa shape index (κ2) is 11.8. The van der Waals surface area contributed by atoms with Gasteiger partial charge >= 0.3 is 0 Å². The van der Waals surface area contributed by atoms with Crippen molar-refractivity contribution in [1.29, 1.82) is 0 Å². The Kier molecular flexibility index (Phi) is 8.05. The fraction of sp³-hybridized carbons (Fsp3) is 0.467. The van der Waals surface area contributed by atoms with Crippen molar-refractivity contribution in [2.75, 3.05) is 13.1 Å². The molecule has 8 heteroatoms. The minimum atomic E-state index is -0.574. The van der Waals surface area contributed by atoms with Crippen molar-refractivity contribution < 1.29 is 19.2 Å². The Hall–Kier alpha value is -3.68. The molecule has 3 aliphatic rings. The Morgan fingerprint density at radius 2 is 1.21 bits per heavy atom. The molecule has 4 atom stereocenters. The average Bonchev–Trinajstić information content (AvgIpc) is 3.59. The summed E-state index contributed by atoms with van der Waals surface area (Å²) < 4.78 is 0. The summed E-state index contributed by atoms with van der Waals surface area (Å²) >= 11 is 0. The smallest absolute Gasteiger partial charge is 0.246 e. The lowest BCUT2D eigenvalue weighted by Gasteiger charge is -2.33. The van der Waals surface area contributed by atoms with Crippen molar-refractivity contribution in [3.63, 3.8) is 0 Å². The highest BCUT2D eigenvalue weighted by atomic mass is 16.2. The van der Waals surface area contributed by atoms with Crippen LogP contribution < -0.4 is 10.6 Å². The molecule has 38 heavy (non-hydrogen) atoms. The predicted octanol–water partition coefficient (Wildman–Crippen LogP) is 2.22. The molecule has 0 unspecified atom stereocenters. The van der Waals surface area contributed by atoms with Gasteiger partial charge in [0, 0.05) is 38.0 Å². The summed E-state index contributed by atoms with van der Waals surface area (Å²) in [6.07, 6.45) is 3.91. The standard InChI is InChI=1S/C30H36N4O4/c35-27-19-23(17-21-9-3-1-4-10-21)32-29(37)25-13-7-16-34(25)30(38)26-14-8-15-33(26)28(36)20-24(31-27)18-22-11-5-2-6-12-22/h1-6,9-12,23-26H,7-8,13-20H2,(H,31,35)(H,32,37)/t23-,24-,25-,26-/m0/s1. The molecule has 8 nitrogen and oxygen atoms in total. The third-order valence-corrected chi connectivity index (χ3v) is 7.91. The topological polar surface area (TPSA) is 98.8 Å². The van der Waals surface area contributed by atoms with E-state index in [0.717, 1.165) is 24.0 Å². The van der Waals surface area contributed by atoms with Crippen molar-refractivity contribution in [2.24, 2.45) is 0 Å². The largest absolute Gasteiger partial charge is 0.352 e. The van der Waals surface area contributed by atoms with E-state index >= 15 is 0 Å². The summed E-state index contributed by atoms with van der Waals surface area (Å²) in [5.74, 6) is -0.679. The van der Waals surface area contributed by atoms with Crippen molar-refractivity contribution in [3.8, 4) is 0 Å². The molecular formula is C30H36N4O4. The molecule has 4 amide bonds. The van der Waals surface area contributed by atoms with E-state index in [1.807, 2.05) is 60.7 Å². The third-order valence-electron chi connectivity index (χ3n) is 7.91. The number of nitrogens with zero attached hydrogens (tertiary/aromatic N) is 2. The number of carbonyl (C=O) groups is 4. The van der Waals surface area contributed by atoms with Crippen LogP contribution in [0.2, 0.25) is 0 Å². The molecule has 3 saturated heterocycles. The van der Waals surface area contributed by atoms with Crippen LogP contribution in [0.1, 0.15) is 49.7 Å². The lowest BCUT2D eigenvalue weighted by Crippen LogP contribution is -2.55. The van der Waals surface area contributed by atoms with Crippen LogP contribution in [0.4, 0.5) is 0 Å². The molecule has 0 aliphatic carbocycles. The van der Waals surface area contributed by atoms with Crippen LogP contribution in [0, 0.1) is 0 Å². The lowest BCUT2D eigenvalue weighted by atomic mass is 9.99. The van der Waals surface area contributed by atoms with Gasteiger partial charge < -0.3 is 20.4 Å². The molecule has 200 valence electrons. The summed E-state index contributed by atoms with van der Waals surface area (Å²) in [4.78, 5) is 57.3. The summed E-state index contributed by atoms with van der Waals surface area (Å²) in [6, 6.07) is 17.6. The normalized spacial score (nSPS) is 26.8. The quantitative estimate of drug-likeness (QED) is 0.651. The van der Waals surface area contributed by atoms with E-state index < -0.39 is 24.2 Å². The Bertz CT molecular complexity index is 1070. The van der Waals surface area contributed by atoms with Crippen molar-refractivity contribution >= 4 is 23.6 Å². The van der Waals surface area contributed by atoms with Gasteiger partial charge in [0.1, 0.15) is 12.1 Å². The maximum Gasteiger partial charge on any atom is 0.246 e. The van der Waals surface area contributed by atoms with E-state index in [1.165, 1.54) is 0 Å². The van der Waals surface area contributed by atoms with Gasteiger partial charge in [0.25, 0.3) is 0 Å². The van der Waals surface area contributed by atoms with Gasteiger partial charge in [0.15, 0.2) is 0 Å². The first kappa shape index (κ1) is 25.9. The maximum absolute atomic E-state index is 13.6. The highest BCUT2D eigenvalue weighted by molar-refractivity contribution is 5.93. The summed E-state index contributed by atoms with van der Waals surface area (Å²) in [7, 11) is 0. The van der Waals surface area contributed by atoms with Gasteiger partial charge in [0.05, 0.1) is 0 Å². The number of rotatable bonds is 4. The summed E-state index contributed by atoms with van der Waals surface area (Å²) in [5, 5.41) is 6.19. The van der Waals surface area contributed by atoms with Crippen molar-refractivity contribution in [1.82, 2.24) is 20.4 Å². The molecule has 5 rings (SSSR count). The molecule has 3 heterocycles. The predicted molar refractivity (Wildman–Crippen MR) is 143 cm³/mol. The minimum Gasteiger partial charge on any atom is -0.352 e. The van der Waals surface area contributed by atoms with Crippen LogP contribution in [0.15, 0.2) is 60.7 Å². The van der Waals surface area contributed by atoms with Gasteiger partial charge in [-0.2, -0.15) is 0 Å². The van der Waals surface area contributed by atoms with E-state index in [1.54, 1.807) is 9.80 Å². The molecule has 3 aliphatic heterocycles. The summed E-state index contributed by atoms with van der Waals surface area (Å²) in [5.41, 5.74) is 2.04. The molecule has 0 aromatic heterocycles. The first-order chi connectivity index (χ1) is 18.5. The average molecular weight is 517 g/mol. The van der Waals surface area contributed by atoms with E-state index in [4.69, 9.17) is 0 Å². The highest BCUT2D eigenvalue weighted by Gasteiger charge is 2.43. The zero-order valence-corrected chi connectivity index (χ0v) is 21.7. The highest BCUT2D eigenvalue weighted by Crippen LogP contribution is 2.26. The SMILES string of the molecule is O=C1C[C@H](Cc2ccccc2)NC(=O)[C@@H]2CCCN2C(=O)[C@@H]2CCCN2C(=O)C[C@H](Cc2ccccc2)N1. The number of fused-ring (bicyclic) bond motifs is 2. The van der Waals surface area contributed by atoms with Crippen LogP contribution in [-0.2, 0) is 32.0 Å². The second-order valence-corrected chi connectivity index (χ2v) is 10.7. The molecule has 2 aromatic carbocycles. The van der Waals surface area contributed by atoms with E-state index in [0.29, 0.717) is 38.8 Å². The number of amides is 4. The van der Waals surface area contributed by atoms with Gasteiger partial charge in [0.2, 0.25) is 23.6 Å². The van der Waals surface area contributed by atoms with Crippen LogP contribution in [-0.4, -0.2) is 70.7 Å². The lowest BCUT2D eigenvalue weighted by molar-refractivity contribution is -0.147. The van der Waals surface area contributed by atoms with Crippen molar-refractivity contribution in [2.45, 2.75) is 75.5 Å². The van der Waals surface area contributed by atoms with E-state index in [-0.39, 0.29) is 36.5 Å². The van der Waals surface area contributed by atoms with Crippen molar-refractivity contribution in [3.05, 3.63) is 71.8 Å². The number of hydrogen-bond donors (Lipinski definition) is 2. The fourth-order valence-electron chi connectivity index (χ4n) is 6.10. The molecule has 3 fully saturated rings. The van der Waals surface area contributed by atoms with Gasteiger partial charge in [-0.1, -0.05) is 60.7 Å². The molecule has 0 saturated carbocycles. The molecule has 2 N–H and O–H groups in total. The number of nitrogens with one attached hydrogen (secondary N) is 2. The zero-order valence-electron chi connectivity index (χ0n) is 21.7. The Morgan fingerprint density at radius 1 is 0.658 bits per heavy atom. The zero-order chi connectivity index (χ0) is 26.5. The maximum atomic E-state index is 13.6. The summed E-state index contributed by atoms with van der Waals surface area (Å²) in [6.45, 7) is 1.03. The monoisotopic (exact) mass is 516 g/mol. The van der Waals surface area contributed by atoms with E-state index in [2.05, 4.69) is 10.6 Å². The van der Waals surface area contributed by atoms with Gasteiger partial charge in [-0.3, -0.25) is 19.2 Å². The molecule has 2 aromatic rings. The number of carbonyl (C=O) groups excluding carboxylic acids is 4. The Balaban J connectivity index is 1.43. The van der Waals surface area contributed by atoms with Crippen LogP contribution in [0.25, 0.3) is 0 Å². The Morgan fingerprint density at radius 3 is 1.84 bits per heavy atom. The first-order valence-electron chi connectivity index (χ1n) is 13.8. The van der Waals surface area contributed by atoms with Gasteiger partial charge in [-0.15, -0.1) is 0 Å². The molecule has 0 bridgehead atoms. The van der Waals surface area contributed by atoms with Crippen LogP contribution in [0.3, 0.4) is 0 Å². The van der Waals surface area contributed by atoms with Crippen LogP contribution in [0.5, 0.6) is 0 Å². The van der Waals surface area contributed by atoms with Crippen LogP contribution >= 0.6 is 0 Å². The number of hydrogen-bond acceptors (Lipinski definition) is 4. The second-order valence-electron chi connectivity index (χ2n) is 10.7. The fourth-order valence-corrected chi connectivity index (χ4v) is 6.10. The first-order valence-corrected chi connectivity index (χ1v) is 13.8. The number of benzene rings is 2. The molecule has 0 radical (unpaired) electrons. The van der Waals surface area contributed by atoms with Gasteiger partial charge in [-0.05, 0) is 49.7 Å². The van der Waals surface area contributed by atoms with E-state index in [9.17, 15) is 19.2 Å². The Labute approximate surface area is 223 Å². The van der Waals surface area contributed by atoms with Gasteiger partial charge in [-0.25, -0.2) is 0 Å². The minimum absolute atomic E-state index is 0.0904. The third kappa shape index (κ3) is 6.06. The molecule has 0 spiro atoms.